The number of urea groups is 1. The number of anilines is 2. The average Bonchev–Trinajstić information content (AvgIpc) is 2.77. The molecule has 7 nitrogen and oxygen atoms in total. The molecule has 0 spiro atoms. The molecule has 31 heavy (non-hydrogen) atoms. The van der Waals surface area contributed by atoms with Crippen molar-refractivity contribution >= 4 is 27.4 Å². The summed E-state index contributed by atoms with van der Waals surface area (Å²) in [5.41, 5.74) is 0.528. The molecule has 0 radical (unpaired) electrons. The minimum Gasteiger partial charge on any atom is -0.493 e. The number of halogens is 1. The molecule has 0 unspecified atom stereocenters. The molecule has 0 aromatic heterocycles. The predicted molar refractivity (Wildman–Crippen MR) is 114 cm³/mol. The van der Waals surface area contributed by atoms with Gasteiger partial charge in [0.1, 0.15) is 10.7 Å². The van der Waals surface area contributed by atoms with E-state index in [1.54, 1.807) is 30.3 Å². The van der Waals surface area contributed by atoms with Crippen LogP contribution in [-0.2, 0) is 16.6 Å². The highest BCUT2D eigenvalue weighted by Crippen LogP contribution is 2.40. The quantitative estimate of drug-likeness (QED) is 0.593. The molecular weight excluding hydrogens is 423 g/mol. The molecule has 2 amide bonds. The molecule has 9 heteroatoms. The zero-order chi connectivity index (χ0) is 22.2. The molecular formula is C22H19FN2O5S. The van der Waals surface area contributed by atoms with Gasteiger partial charge in [-0.25, -0.2) is 17.6 Å². The van der Waals surface area contributed by atoms with Crippen molar-refractivity contribution in [3.05, 3.63) is 78.1 Å². The zero-order valence-electron chi connectivity index (χ0n) is 16.8. The highest BCUT2D eigenvalue weighted by molar-refractivity contribution is 7.94. The number of amides is 2. The second-order valence-corrected chi connectivity index (χ2v) is 8.49. The molecule has 160 valence electrons. The Morgan fingerprint density at radius 1 is 0.903 bits per heavy atom. The van der Waals surface area contributed by atoms with Crippen LogP contribution in [-0.4, -0.2) is 28.7 Å². The Labute approximate surface area is 179 Å². The van der Waals surface area contributed by atoms with Gasteiger partial charge < -0.3 is 9.47 Å². The SMILES string of the molecule is COc1ccc(N2C(=O)N(Cc3ccccc3F)c3ccccc3S2(=O)=O)cc1OC. The first-order valence-corrected chi connectivity index (χ1v) is 10.7. The Hall–Kier alpha value is -3.59. The van der Waals surface area contributed by atoms with E-state index in [1.165, 1.54) is 55.5 Å². The first-order chi connectivity index (χ1) is 14.9. The van der Waals surface area contributed by atoms with Gasteiger partial charge in [0.25, 0.3) is 10.0 Å². The normalized spacial score (nSPS) is 14.9. The summed E-state index contributed by atoms with van der Waals surface area (Å²) in [7, 11) is -1.35. The topological polar surface area (TPSA) is 76.2 Å². The Balaban J connectivity index is 1.88. The Morgan fingerprint density at radius 2 is 1.58 bits per heavy atom. The fourth-order valence-corrected chi connectivity index (χ4v) is 5.05. The van der Waals surface area contributed by atoms with E-state index in [9.17, 15) is 17.6 Å². The van der Waals surface area contributed by atoms with E-state index >= 15 is 0 Å². The van der Waals surface area contributed by atoms with Crippen molar-refractivity contribution in [2.75, 3.05) is 23.4 Å². The molecule has 1 heterocycles. The minimum absolute atomic E-state index is 0.0549. The molecule has 1 aliphatic rings. The molecule has 0 aliphatic carbocycles. The predicted octanol–water partition coefficient (Wildman–Crippen LogP) is 4.18. The van der Waals surface area contributed by atoms with Crippen LogP contribution in [0.1, 0.15) is 5.56 Å². The van der Waals surface area contributed by atoms with E-state index in [0.717, 1.165) is 0 Å². The summed E-state index contributed by atoms with van der Waals surface area (Å²) in [6.07, 6.45) is 0. The summed E-state index contributed by atoms with van der Waals surface area (Å²) in [6.45, 7) is -0.137. The van der Waals surface area contributed by atoms with Crippen LogP contribution in [0.5, 0.6) is 11.5 Å². The van der Waals surface area contributed by atoms with Crippen molar-refractivity contribution in [3.63, 3.8) is 0 Å². The zero-order valence-corrected chi connectivity index (χ0v) is 17.6. The van der Waals surface area contributed by atoms with Gasteiger partial charge in [0.2, 0.25) is 0 Å². The lowest BCUT2D eigenvalue weighted by atomic mass is 10.2. The maximum absolute atomic E-state index is 14.3. The van der Waals surface area contributed by atoms with E-state index < -0.39 is 21.9 Å². The number of ether oxygens (including phenoxy) is 2. The smallest absolute Gasteiger partial charge is 0.343 e. The Morgan fingerprint density at radius 3 is 2.29 bits per heavy atom. The molecule has 0 bridgehead atoms. The van der Waals surface area contributed by atoms with Gasteiger partial charge in [-0.1, -0.05) is 30.3 Å². The molecule has 0 saturated carbocycles. The van der Waals surface area contributed by atoms with Crippen LogP contribution >= 0.6 is 0 Å². The third-order valence-corrected chi connectivity index (χ3v) is 6.72. The van der Waals surface area contributed by atoms with E-state index in [1.807, 2.05) is 0 Å². The van der Waals surface area contributed by atoms with Gasteiger partial charge in [0, 0.05) is 11.6 Å². The number of hydrogen-bond donors (Lipinski definition) is 0. The van der Waals surface area contributed by atoms with Gasteiger partial charge in [-0.05, 0) is 30.3 Å². The molecule has 0 N–H and O–H groups in total. The first kappa shape index (κ1) is 20.7. The number of fused-ring (bicyclic) bond motifs is 1. The third kappa shape index (κ3) is 3.46. The average molecular weight is 442 g/mol. The highest BCUT2D eigenvalue weighted by Gasteiger charge is 2.42. The fraction of sp³-hybridized carbons (Fsp3) is 0.136. The van der Waals surface area contributed by atoms with Crippen LogP contribution in [0.3, 0.4) is 0 Å². The highest BCUT2D eigenvalue weighted by atomic mass is 32.2. The van der Waals surface area contributed by atoms with Crippen LogP contribution in [0.25, 0.3) is 0 Å². The van der Waals surface area contributed by atoms with Crippen molar-refractivity contribution in [3.8, 4) is 11.5 Å². The Kier molecular flexibility index (Phi) is 5.28. The molecule has 0 atom stereocenters. The maximum Gasteiger partial charge on any atom is 0.343 e. The number of sulfonamides is 1. The summed E-state index contributed by atoms with van der Waals surface area (Å²) in [5.74, 6) is 0.165. The van der Waals surface area contributed by atoms with E-state index in [2.05, 4.69) is 0 Å². The number of benzene rings is 3. The molecule has 3 aromatic rings. The molecule has 1 aliphatic heterocycles. The van der Waals surface area contributed by atoms with Crippen LogP contribution < -0.4 is 18.7 Å². The number of hydrogen-bond acceptors (Lipinski definition) is 5. The minimum atomic E-state index is -4.21. The fourth-order valence-electron chi connectivity index (χ4n) is 3.46. The van der Waals surface area contributed by atoms with Gasteiger partial charge in [-0.3, -0.25) is 4.90 Å². The van der Waals surface area contributed by atoms with Gasteiger partial charge in [0.15, 0.2) is 11.5 Å². The lowest BCUT2D eigenvalue weighted by molar-refractivity contribution is 0.253. The number of methoxy groups -OCH3 is 2. The molecule has 3 aromatic carbocycles. The number of para-hydroxylation sites is 1. The van der Waals surface area contributed by atoms with Gasteiger partial charge in [0.05, 0.1) is 32.1 Å². The second-order valence-electron chi connectivity index (χ2n) is 6.74. The van der Waals surface area contributed by atoms with Crippen molar-refractivity contribution in [2.45, 2.75) is 11.4 Å². The monoisotopic (exact) mass is 442 g/mol. The number of carbonyl (C=O) groups is 1. The second kappa shape index (κ2) is 7.92. The van der Waals surface area contributed by atoms with Crippen molar-refractivity contribution in [1.82, 2.24) is 0 Å². The summed E-state index contributed by atoms with van der Waals surface area (Å²) in [4.78, 5) is 14.6. The summed E-state index contributed by atoms with van der Waals surface area (Å²) in [6, 6.07) is 15.7. The lowest BCUT2D eigenvalue weighted by Crippen LogP contribution is -2.50. The van der Waals surface area contributed by atoms with Gasteiger partial charge in [-0.15, -0.1) is 0 Å². The number of nitrogens with zero attached hydrogens (tertiary/aromatic N) is 2. The molecule has 4 rings (SSSR count). The van der Waals surface area contributed by atoms with Gasteiger partial charge in [-0.2, -0.15) is 4.31 Å². The maximum atomic E-state index is 14.3. The first-order valence-electron chi connectivity index (χ1n) is 9.29. The van der Waals surface area contributed by atoms with Crippen LogP contribution in [0, 0.1) is 5.82 Å². The standard InChI is InChI=1S/C22H19FN2O5S/c1-29-19-12-11-16(13-20(19)30-2)25-22(26)24(14-15-7-3-4-8-17(15)23)18-9-5-6-10-21(18)31(25,27)28/h3-13H,14H2,1-2H3. The number of carbonyl (C=O) groups excluding carboxylic acids is 1. The summed E-state index contributed by atoms with van der Waals surface area (Å²) < 4.78 is 52.2. The van der Waals surface area contributed by atoms with Crippen LogP contribution in [0.4, 0.5) is 20.6 Å². The molecule has 0 saturated heterocycles. The Bertz CT molecular complexity index is 1260. The molecule has 0 fully saturated rings. The lowest BCUT2D eigenvalue weighted by Gasteiger charge is -2.36. The summed E-state index contributed by atoms with van der Waals surface area (Å²) in [5, 5.41) is 0. The summed E-state index contributed by atoms with van der Waals surface area (Å²) >= 11 is 0. The van der Waals surface area contributed by atoms with Gasteiger partial charge >= 0.3 is 6.03 Å². The van der Waals surface area contributed by atoms with Crippen LogP contribution in [0.2, 0.25) is 0 Å². The van der Waals surface area contributed by atoms with Crippen molar-refractivity contribution < 1.29 is 27.1 Å². The van der Waals surface area contributed by atoms with E-state index in [-0.39, 0.29) is 34.1 Å². The van der Waals surface area contributed by atoms with Crippen molar-refractivity contribution in [2.24, 2.45) is 0 Å². The van der Waals surface area contributed by atoms with Crippen LogP contribution in [0.15, 0.2) is 71.6 Å². The van der Waals surface area contributed by atoms with E-state index in [0.29, 0.717) is 10.1 Å². The van der Waals surface area contributed by atoms with Crippen molar-refractivity contribution in [1.29, 1.82) is 0 Å². The third-order valence-electron chi connectivity index (χ3n) is 4.97. The van der Waals surface area contributed by atoms with E-state index in [4.69, 9.17) is 9.47 Å². The largest absolute Gasteiger partial charge is 0.493 e. The number of rotatable bonds is 5.